The summed E-state index contributed by atoms with van der Waals surface area (Å²) < 4.78 is 17.5. The molecule has 3 fully saturated rings. The Morgan fingerprint density at radius 3 is 2.88 bits per heavy atom. The van der Waals surface area contributed by atoms with Crippen molar-refractivity contribution < 1.29 is 19.0 Å². The number of nitrogens with one attached hydrogen (secondary N) is 2. The van der Waals surface area contributed by atoms with Crippen molar-refractivity contribution in [3.63, 3.8) is 0 Å². The fourth-order valence-corrected chi connectivity index (χ4v) is 5.25. The minimum Gasteiger partial charge on any atom is -0.485 e. The molecule has 1 saturated heterocycles. The molecule has 2 aliphatic heterocycles. The second-order valence-electron chi connectivity index (χ2n) is 8.00. The van der Waals surface area contributed by atoms with Gasteiger partial charge in [-0.3, -0.25) is 4.79 Å². The number of carbonyl (C=O) groups excluding carboxylic acids is 1. The van der Waals surface area contributed by atoms with E-state index in [1.165, 1.54) is 24.2 Å². The third-order valence-corrected chi connectivity index (χ3v) is 7.03. The van der Waals surface area contributed by atoms with Crippen molar-refractivity contribution in [3.05, 3.63) is 10.3 Å². The Morgan fingerprint density at radius 1 is 1.23 bits per heavy atom. The Kier molecular flexibility index (Phi) is 4.54. The van der Waals surface area contributed by atoms with Gasteiger partial charge in [-0.1, -0.05) is 0 Å². The van der Waals surface area contributed by atoms with Crippen LogP contribution in [0.4, 0.5) is 0 Å². The summed E-state index contributed by atoms with van der Waals surface area (Å²) in [6, 6.07) is 0.0738. The summed E-state index contributed by atoms with van der Waals surface area (Å²) in [6.45, 7) is 4.01. The van der Waals surface area contributed by atoms with Crippen LogP contribution in [0.3, 0.4) is 0 Å². The standard InChI is InChI=1S/C19H26N2O4S/c22-19(18-17-16(10-26-18)23-3-4-24-17)21-14-5-12-7-20-8-13(12)6-15(14)25-9-11-1-2-11/h10-15,20H,1-9H2,(H,21,22)/t12-,13+,14-,15-/m0/s1. The molecule has 5 rings (SSSR count). The van der Waals surface area contributed by atoms with Gasteiger partial charge in [0.1, 0.15) is 18.1 Å². The Hall–Kier alpha value is -1.31. The highest BCUT2D eigenvalue weighted by Crippen LogP contribution is 2.40. The summed E-state index contributed by atoms with van der Waals surface area (Å²) in [6.07, 6.45) is 4.72. The molecule has 0 aromatic carbocycles. The zero-order valence-electron chi connectivity index (χ0n) is 14.9. The summed E-state index contributed by atoms with van der Waals surface area (Å²) >= 11 is 1.40. The van der Waals surface area contributed by atoms with E-state index in [0.29, 0.717) is 41.4 Å². The van der Waals surface area contributed by atoms with Crippen molar-refractivity contribution in [2.75, 3.05) is 32.9 Å². The SMILES string of the molecule is O=C(N[C@H]1C[C@H]2CNC[C@H]2C[C@@H]1OCC1CC1)c1scc2c1OCCO2. The molecule has 6 nitrogen and oxygen atoms in total. The minimum atomic E-state index is -0.0591. The first-order valence-electron chi connectivity index (χ1n) is 9.78. The molecule has 2 saturated carbocycles. The van der Waals surface area contributed by atoms with Crippen LogP contribution >= 0.6 is 11.3 Å². The van der Waals surface area contributed by atoms with Gasteiger partial charge in [-0.05, 0) is 56.5 Å². The van der Waals surface area contributed by atoms with E-state index >= 15 is 0 Å². The topological polar surface area (TPSA) is 68.8 Å². The second-order valence-corrected chi connectivity index (χ2v) is 8.88. The molecule has 0 radical (unpaired) electrons. The quantitative estimate of drug-likeness (QED) is 0.821. The van der Waals surface area contributed by atoms with E-state index in [0.717, 1.165) is 38.5 Å². The van der Waals surface area contributed by atoms with Crippen LogP contribution in [0.25, 0.3) is 0 Å². The lowest BCUT2D eigenvalue weighted by Gasteiger charge is -2.38. The molecule has 142 valence electrons. The lowest BCUT2D eigenvalue weighted by atomic mass is 9.77. The van der Waals surface area contributed by atoms with Gasteiger partial charge in [0.05, 0.1) is 12.1 Å². The molecule has 1 aromatic rings. The number of amides is 1. The molecule has 0 unspecified atom stereocenters. The third-order valence-electron chi connectivity index (χ3n) is 6.09. The molecule has 3 heterocycles. The third kappa shape index (κ3) is 3.32. The van der Waals surface area contributed by atoms with Crippen LogP contribution in [0.5, 0.6) is 11.5 Å². The van der Waals surface area contributed by atoms with Crippen LogP contribution in [0, 0.1) is 17.8 Å². The van der Waals surface area contributed by atoms with Crippen molar-refractivity contribution in [2.45, 2.75) is 37.8 Å². The number of hydrogen-bond donors (Lipinski definition) is 2. The maximum Gasteiger partial charge on any atom is 0.265 e. The van der Waals surface area contributed by atoms with E-state index in [1.807, 2.05) is 5.38 Å². The van der Waals surface area contributed by atoms with Crippen LogP contribution in [0.2, 0.25) is 0 Å². The summed E-state index contributed by atoms with van der Waals surface area (Å²) in [5, 5.41) is 8.63. The van der Waals surface area contributed by atoms with Gasteiger partial charge < -0.3 is 24.8 Å². The predicted octanol–water partition coefficient (Wildman–Crippen LogP) is 2.04. The number of thiophene rings is 1. The molecule has 7 heteroatoms. The van der Waals surface area contributed by atoms with Crippen molar-refractivity contribution >= 4 is 17.2 Å². The normalized spacial score (nSPS) is 32.9. The van der Waals surface area contributed by atoms with Gasteiger partial charge in [0, 0.05) is 12.0 Å². The number of hydrogen-bond acceptors (Lipinski definition) is 6. The first-order chi connectivity index (χ1) is 12.8. The number of ether oxygens (including phenoxy) is 3. The lowest BCUT2D eigenvalue weighted by molar-refractivity contribution is -0.0211. The molecule has 0 spiro atoms. The molecule has 26 heavy (non-hydrogen) atoms. The maximum atomic E-state index is 12.9. The Bertz CT molecular complexity index is 674. The summed E-state index contributed by atoms with van der Waals surface area (Å²) in [5.41, 5.74) is 0. The molecular formula is C19H26N2O4S. The average molecular weight is 378 g/mol. The zero-order chi connectivity index (χ0) is 17.5. The predicted molar refractivity (Wildman–Crippen MR) is 98.1 cm³/mol. The molecule has 2 N–H and O–H groups in total. The van der Waals surface area contributed by atoms with Crippen molar-refractivity contribution in [1.82, 2.24) is 10.6 Å². The van der Waals surface area contributed by atoms with Crippen LogP contribution in [-0.2, 0) is 4.74 Å². The smallest absolute Gasteiger partial charge is 0.265 e. The molecule has 1 aromatic heterocycles. The molecule has 1 amide bonds. The van der Waals surface area contributed by atoms with Crippen molar-refractivity contribution in [3.8, 4) is 11.5 Å². The van der Waals surface area contributed by atoms with Crippen molar-refractivity contribution in [2.24, 2.45) is 17.8 Å². The van der Waals surface area contributed by atoms with Crippen LogP contribution in [0.1, 0.15) is 35.4 Å². The van der Waals surface area contributed by atoms with E-state index in [2.05, 4.69) is 10.6 Å². The van der Waals surface area contributed by atoms with Gasteiger partial charge in [0.25, 0.3) is 5.91 Å². The van der Waals surface area contributed by atoms with E-state index in [-0.39, 0.29) is 18.1 Å². The van der Waals surface area contributed by atoms with Gasteiger partial charge >= 0.3 is 0 Å². The molecule has 0 bridgehead atoms. The molecular weight excluding hydrogens is 352 g/mol. The molecule has 2 aliphatic carbocycles. The number of rotatable bonds is 5. The van der Waals surface area contributed by atoms with Crippen LogP contribution in [0.15, 0.2) is 5.38 Å². The average Bonchev–Trinajstić information content (AvgIpc) is 3.20. The summed E-state index contributed by atoms with van der Waals surface area (Å²) in [7, 11) is 0. The second kappa shape index (κ2) is 7.02. The van der Waals surface area contributed by atoms with E-state index in [9.17, 15) is 4.79 Å². The number of carbonyl (C=O) groups is 1. The monoisotopic (exact) mass is 378 g/mol. The van der Waals surface area contributed by atoms with Gasteiger partial charge in [-0.25, -0.2) is 0 Å². The van der Waals surface area contributed by atoms with Gasteiger partial charge in [-0.2, -0.15) is 0 Å². The van der Waals surface area contributed by atoms with E-state index < -0.39 is 0 Å². The largest absolute Gasteiger partial charge is 0.485 e. The lowest BCUT2D eigenvalue weighted by Crippen LogP contribution is -2.50. The Balaban J connectivity index is 1.29. The maximum absolute atomic E-state index is 12.9. The van der Waals surface area contributed by atoms with E-state index in [1.54, 1.807) is 0 Å². The van der Waals surface area contributed by atoms with Crippen LogP contribution < -0.4 is 20.1 Å². The highest BCUT2D eigenvalue weighted by Gasteiger charge is 2.41. The minimum absolute atomic E-state index is 0.0591. The molecule has 4 aliphatic rings. The fourth-order valence-electron chi connectivity index (χ4n) is 4.41. The molecule has 4 atom stereocenters. The van der Waals surface area contributed by atoms with E-state index in [4.69, 9.17) is 14.2 Å². The Labute approximate surface area is 157 Å². The number of fused-ring (bicyclic) bond motifs is 2. The fraction of sp³-hybridized carbons (Fsp3) is 0.737. The summed E-state index contributed by atoms with van der Waals surface area (Å²) in [4.78, 5) is 13.5. The first kappa shape index (κ1) is 16.8. The Morgan fingerprint density at radius 2 is 2.04 bits per heavy atom. The first-order valence-corrected chi connectivity index (χ1v) is 10.7. The van der Waals surface area contributed by atoms with Crippen molar-refractivity contribution in [1.29, 1.82) is 0 Å². The van der Waals surface area contributed by atoms with Gasteiger partial charge in [0.2, 0.25) is 0 Å². The summed E-state index contributed by atoms with van der Waals surface area (Å²) in [5.74, 6) is 3.29. The highest BCUT2D eigenvalue weighted by molar-refractivity contribution is 7.12. The van der Waals surface area contributed by atoms with Gasteiger partial charge in [-0.15, -0.1) is 11.3 Å². The van der Waals surface area contributed by atoms with Gasteiger partial charge in [0.15, 0.2) is 11.5 Å². The highest BCUT2D eigenvalue weighted by atomic mass is 32.1. The zero-order valence-corrected chi connectivity index (χ0v) is 15.7. The van der Waals surface area contributed by atoms with Crippen LogP contribution in [-0.4, -0.2) is 51.0 Å².